The summed E-state index contributed by atoms with van der Waals surface area (Å²) >= 11 is 0. The van der Waals surface area contributed by atoms with Crippen molar-refractivity contribution in [3.8, 4) is 0 Å². The molecule has 0 saturated carbocycles. The van der Waals surface area contributed by atoms with Crippen molar-refractivity contribution in [1.82, 2.24) is 0 Å². The molecule has 0 aromatic heterocycles. The Kier molecular flexibility index (Phi) is 3.62. The van der Waals surface area contributed by atoms with Gasteiger partial charge in [-0.3, -0.25) is 4.72 Å². The van der Waals surface area contributed by atoms with E-state index in [1.165, 1.54) is 30.3 Å². The Labute approximate surface area is 115 Å². The zero-order valence-corrected chi connectivity index (χ0v) is 11.1. The fourth-order valence-electron chi connectivity index (χ4n) is 1.63. The van der Waals surface area contributed by atoms with Gasteiger partial charge in [0, 0.05) is 5.69 Å². The number of nitrogen functional groups attached to an aromatic ring is 1. The quantitative estimate of drug-likeness (QED) is 0.744. The first-order chi connectivity index (χ1) is 9.40. The third kappa shape index (κ3) is 2.89. The van der Waals surface area contributed by atoms with E-state index in [0.29, 0.717) is 0 Å². The summed E-state index contributed by atoms with van der Waals surface area (Å²) < 4.78 is 26.5. The summed E-state index contributed by atoms with van der Waals surface area (Å²) in [6.45, 7) is 0. The number of hydrogen-bond acceptors (Lipinski definition) is 4. The Morgan fingerprint density at radius 2 is 1.75 bits per heavy atom. The van der Waals surface area contributed by atoms with Crippen molar-refractivity contribution in [2.75, 3.05) is 10.5 Å². The van der Waals surface area contributed by atoms with Crippen LogP contribution in [0.3, 0.4) is 0 Å². The molecule has 0 saturated heterocycles. The Morgan fingerprint density at radius 1 is 1.10 bits per heavy atom. The molecule has 6 nitrogen and oxygen atoms in total. The highest BCUT2D eigenvalue weighted by Gasteiger charge is 2.18. The van der Waals surface area contributed by atoms with Gasteiger partial charge in [0.2, 0.25) is 0 Å². The lowest BCUT2D eigenvalue weighted by atomic mass is 10.1. The first kappa shape index (κ1) is 13.9. The van der Waals surface area contributed by atoms with Crippen LogP contribution in [0.25, 0.3) is 0 Å². The maximum atomic E-state index is 12.1. The molecule has 104 valence electrons. The van der Waals surface area contributed by atoms with E-state index < -0.39 is 16.0 Å². The van der Waals surface area contributed by atoms with Gasteiger partial charge in [-0.1, -0.05) is 18.2 Å². The number of carboxylic acid groups (broad SMARTS) is 1. The van der Waals surface area contributed by atoms with Crippen molar-refractivity contribution >= 4 is 27.4 Å². The van der Waals surface area contributed by atoms with Gasteiger partial charge in [-0.2, -0.15) is 0 Å². The number of carboxylic acids is 1. The molecule has 0 bridgehead atoms. The summed E-state index contributed by atoms with van der Waals surface area (Å²) in [6.07, 6.45) is 0. The lowest BCUT2D eigenvalue weighted by Gasteiger charge is -2.11. The third-order valence-electron chi connectivity index (χ3n) is 2.57. The van der Waals surface area contributed by atoms with Crippen LogP contribution in [0.1, 0.15) is 10.4 Å². The van der Waals surface area contributed by atoms with E-state index in [4.69, 9.17) is 10.8 Å². The minimum Gasteiger partial charge on any atom is -0.478 e. The van der Waals surface area contributed by atoms with Crippen LogP contribution in [0.2, 0.25) is 0 Å². The SMILES string of the molecule is Nc1ccc(NS(=O)(=O)c2ccccc2)c(C(=O)O)c1. The van der Waals surface area contributed by atoms with Crippen LogP contribution >= 0.6 is 0 Å². The minimum atomic E-state index is -3.84. The molecule has 0 aliphatic carbocycles. The van der Waals surface area contributed by atoms with Gasteiger partial charge in [0.1, 0.15) is 0 Å². The van der Waals surface area contributed by atoms with E-state index in [0.717, 1.165) is 0 Å². The molecule has 0 unspecified atom stereocenters. The van der Waals surface area contributed by atoms with E-state index in [2.05, 4.69) is 4.72 Å². The topological polar surface area (TPSA) is 109 Å². The molecule has 0 atom stereocenters. The van der Waals surface area contributed by atoms with Gasteiger partial charge in [0.15, 0.2) is 0 Å². The molecule has 0 spiro atoms. The lowest BCUT2D eigenvalue weighted by molar-refractivity contribution is 0.0698. The van der Waals surface area contributed by atoms with Gasteiger partial charge in [-0.05, 0) is 30.3 Å². The molecule has 0 aliphatic rings. The van der Waals surface area contributed by atoms with Gasteiger partial charge in [0.25, 0.3) is 10.0 Å². The molecular weight excluding hydrogens is 280 g/mol. The summed E-state index contributed by atoms with van der Waals surface area (Å²) in [5, 5.41) is 9.07. The van der Waals surface area contributed by atoms with Crippen molar-refractivity contribution in [2.24, 2.45) is 0 Å². The Bertz CT molecular complexity index is 742. The summed E-state index contributed by atoms with van der Waals surface area (Å²) in [4.78, 5) is 11.2. The monoisotopic (exact) mass is 292 g/mol. The highest BCUT2D eigenvalue weighted by Crippen LogP contribution is 2.22. The third-order valence-corrected chi connectivity index (χ3v) is 3.95. The van der Waals surface area contributed by atoms with Crippen LogP contribution in [-0.4, -0.2) is 19.5 Å². The highest BCUT2D eigenvalue weighted by molar-refractivity contribution is 7.92. The fourth-order valence-corrected chi connectivity index (χ4v) is 2.73. The summed E-state index contributed by atoms with van der Waals surface area (Å²) in [7, 11) is -3.84. The van der Waals surface area contributed by atoms with Gasteiger partial charge in [-0.25, -0.2) is 13.2 Å². The van der Waals surface area contributed by atoms with Gasteiger partial charge in [0.05, 0.1) is 16.1 Å². The van der Waals surface area contributed by atoms with Crippen LogP contribution in [0.15, 0.2) is 53.4 Å². The molecule has 0 heterocycles. The number of nitrogens with one attached hydrogen (secondary N) is 1. The average molecular weight is 292 g/mol. The minimum absolute atomic E-state index is 0.0319. The number of nitrogens with two attached hydrogens (primary N) is 1. The molecule has 20 heavy (non-hydrogen) atoms. The van der Waals surface area contributed by atoms with E-state index >= 15 is 0 Å². The second-order valence-electron chi connectivity index (χ2n) is 4.03. The van der Waals surface area contributed by atoms with Crippen molar-refractivity contribution < 1.29 is 18.3 Å². The number of hydrogen-bond donors (Lipinski definition) is 3. The number of carbonyl (C=O) groups is 1. The molecule has 0 radical (unpaired) electrons. The molecule has 0 aliphatic heterocycles. The van der Waals surface area contributed by atoms with Crippen molar-refractivity contribution in [2.45, 2.75) is 4.90 Å². The van der Waals surface area contributed by atoms with Crippen molar-refractivity contribution in [1.29, 1.82) is 0 Å². The van der Waals surface area contributed by atoms with Crippen LogP contribution in [0.4, 0.5) is 11.4 Å². The highest BCUT2D eigenvalue weighted by atomic mass is 32.2. The van der Waals surface area contributed by atoms with E-state index in [1.54, 1.807) is 18.2 Å². The zero-order valence-electron chi connectivity index (χ0n) is 10.3. The summed E-state index contributed by atoms with van der Waals surface area (Å²) in [5.41, 5.74) is 5.50. The zero-order chi connectivity index (χ0) is 14.8. The maximum Gasteiger partial charge on any atom is 0.337 e. The number of anilines is 2. The van der Waals surface area contributed by atoms with Crippen LogP contribution in [0.5, 0.6) is 0 Å². The molecule has 4 N–H and O–H groups in total. The Balaban J connectivity index is 2.43. The number of aromatic carboxylic acids is 1. The Morgan fingerprint density at radius 3 is 2.35 bits per heavy atom. The van der Waals surface area contributed by atoms with Gasteiger partial charge in [-0.15, -0.1) is 0 Å². The standard InChI is InChI=1S/C13H12N2O4S/c14-9-6-7-12(11(8-9)13(16)17)15-20(18,19)10-4-2-1-3-5-10/h1-8,15H,14H2,(H,16,17). The van der Waals surface area contributed by atoms with Crippen molar-refractivity contribution in [3.05, 3.63) is 54.1 Å². The molecule has 0 amide bonds. The smallest absolute Gasteiger partial charge is 0.337 e. The summed E-state index contributed by atoms with van der Waals surface area (Å²) in [6, 6.07) is 11.6. The molecular formula is C13H12N2O4S. The first-order valence-corrected chi connectivity index (χ1v) is 7.09. The predicted molar refractivity (Wildman–Crippen MR) is 75.1 cm³/mol. The number of rotatable bonds is 4. The number of sulfonamides is 1. The van der Waals surface area contributed by atoms with Gasteiger partial charge < -0.3 is 10.8 Å². The van der Waals surface area contributed by atoms with Crippen LogP contribution in [-0.2, 0) is 10.0 Å². The van der Waals surface area contributed by atoms with E-state index in [9.17, 15) is 13.2 Å². The largest absolute Gasteiger partial charge is 0.478 e. The lowest BCUT2D eigenvalue weighted by Crippen LogP contribution is -2.15. The van der Waals surface area contributed by atoms with E-state index in [-0.39, 0.29) is 21.8 Å². The molecule has 0 fully saturated rings. The fraction of sp³-hybridized carbons (Fsp3) is 0. The molecule has 2 rings (SSSR count). The van der Waals surface area contributed by atoms with Crippen LogP contribution < -0.4 is 10.5 Å². The normalized spacial score (nSPS) is 11.0. The predicted octanol–water partition coefficient (Wildman–Crippen LogP) is 1.77. The van der Waals surface area contributed by atoms with Gasteiger partial charge >= 0.3 is 5.97 Å². The average Bonchev–Trinajstić information content (AvgIpc) is 2.41. The Hall–Kier alpha value is -2.54. The van der Waals surface area contributed by atoms with Crippen LogP contribution in [0, 0.1) is 0 Å². The second kappa shape index (κ2) is 5.22. The molecule has 2 aromatic rings. The maximum absolute atomic E-state index is 12.1. The van der Waals surface area contributed by atoms with Crippen molar-refractivity contribution in [3.63, 3.8) is 0 Å². The van der Waals surface area contributed by atoms with E-state index in [1.807, 2.05) is 0 Å². The summed E-state index contributed by atoms with van der Waals surface area (Å²) in [5.74, 6) is -1.26. The number of benzene rings is 2. The first-order valence-electron chi connectivity index (χ1n) is 5.61. The molecule has 2 aromatic carbocycles. The second-order valence-corrected chi connectivity index (χ2v) is 5.71. The molecule has 7 heteroatoms.